The first kappa shape index (κ1) is 12.4. The first-order valence-electron chi connectivity index (χ1n) is 6.70. The van der Waals surface area contributed by atoms with E-state index < -0.39 is 0 Å². The van der Waals surface area contributed by atoms with Crippen molar-refractivity contribution in [2.24, 2.45) is 0 Å². The second-order valence-corrected chi connectivity index (χ2v) is 5.03. The van der Waals surface area contributed by atoms with Crippen LogP contribution in [0.25, 0.3) is 10.8 Å². The molecule has 1 aliphatic heterocycles. The van der Waals surface area contributed by atoms with Gasteiger partial charge in [-0.15, -0.1) is 0 Å². The van der Waals surface area contributed by atoms with Gasteiger partial charge in [-0.3, -0.25) is 0 Å². The van der Waals surface area contributed by atoms with Crippen molar-refractivity contribution < 1.29 is 10.2 Å². The third-order valence-electron chi connectivity index (χ3n) is 3.70. The molecule has 2 aromatic rings. The zero-order valence-corrected chi connectivity index (χ0v) is 10.8. The normalized spacial score (nSPS) is 17.1. The first-order valence-corrected chi connectivity index (χ1v) is 6.70. The summed E-state index contributed by atoms with van der Waals surface area (Å²) in [5, 5.41) is 21.1. The zero-order valence-electron chi connectivity index (χ0n) is 10.8. The zero-order chi connectivity index (χ0) is 13.2. The lowest BCUT2D eigenvalue weighted by Gasteiger charge is -2.31. The molecule has 3 rings (SSSR count). The lowest BCUT2D eigenvalue weighted by molar-refractivity contribution is 0.145. The van der Waals surface area contributed by atoms with E-state index in [-0.39, 0.29) is 12.7 Å². The van der Waals surface area contributed by atoms with Crippen molar-refractivity contribution in [2.75, 3.05) is 18.0 Å². The number of benzene rings is 1. The maximum Gasteiger partial charge on any atom is 0.136 e. The topological polar surface area (TPSA) is 56.6 Å². The Morgan fingerprint density at radius 3 is 2.68 bits per heavy atom. The number of aliphatic hydroxyl groups excluding tert-OH is 2. The van der Waals surface area contributed by atoms with Crippen molar-refractivity contribution in [3.8, 4) is 0 Å². The molecule has 1 saturated heterocycles. The average molecular weight is 258 g/mol. The maximum absolute atomic E-state index is 9.60. The minimum absolute atomic E-state index is 0.0473. The minimum atomic E-state index is -0.191. The highest BCUT2D eigenvalue weighted by atomic mass is 16.3. The van der Waals surface area contributed by atoms with Gasteiger partial charge in [-0.1, -0.05) is 24.3 Å². The molecule has 0 bridgehead atoms. The number of aliphatic hydroxyl groups is 2. The molecule has 0 atom stereocenters. The van der Waals surface area contributed by atoms with Crippen LogP contribution in [0.4, 0.5) is 5.82 Å². The Bertz CT molecular complexity index is 577. The number of aromatic nitrogens is 1. The molecule has 1 aromatic carbocycles. The van der Waals surface area contributed by atoms with Gasteiger partial charge in [-0.05, 0) is 24.3 Å². The van der Waals surface area contributed by atoms with Gasteiger partial charge in [0.25, 0.3) is 0 Å². The summed E-state index contributed by atoms with van der Waals surface area (Å²) in [6, 6.07) is 10.0. The third-order valence-corrected chi connectivity index (χ3v) is 3.70. The van der Waals surface area contributed by atoms with Crippen molar-refractivity contribution in [3.63, 3.8) is 0 Å². The van der Waals surface area contributed by atoms with E-state index >= 15 is 0 Å². The van der Waals surface area contributed by atoms with Gasteiger partial charge < -0.3 is 15.1 Å². The summed E-state index contributed by atoms with van der Waals surface area (Å²) in [6.45, 7) is 1.58. The smallest absolute Gasteiger partial charge is 0.136 e. The summed E-state index contributed by atoms with van der Waals surface area (Å²) in [4.78, 5) is 6.76. The highest BCUT2D eigenvalue weighted by Gasteiger charge is 2.20. The Kier molecular flexibility index (Phi) is 3.36. The monoisotopic (exact) mass is 258 g/mol. The number of hydrogen-bond acceptors (Lipinski definition) is 4. The van der Waals surface area contributed by atoms with E-state index in [2.05, 4.69) is 16.0 Å². The highest BCUT2D eigenvalue weighted by molar-refractivity contribution is 5.92. The van der Waals surface area contributed by atoms with E-state index in [9.17, 15) is 10.2 Å². The largest absolute Gasteiger partial charge is 0.393 e. The van der Waals surface area contributed by atoms with Crippen molar-refractivity contribution in [3.05, 3.63) is 36.0 Å². The van der Waals surface area contributed by atoms with Gasteiger partial charge in [0.05, 0.1) is 18.4 Å². The number of piperidine rings is 1. The number of rotatable bonds is 2. The highest BCUT2D eigenvalue weighted by Crippen LogP contribution is 2.28. The Morgan fingerprint density at radius 1 is 1.21 bits per heavy atom. The molecule has 4 heteroatoms. The summed E-state index contributed by atoms with van der Waals surface area (Å²) in [6.07, 6.45) is 1.36. The predicted molar refractivity (Wildman–Crippen MR) is 75.1 cm³/mol. The SMILES string of the molecule is OCc1cc2ccccc2c(N2CCC(O)CC2)n1. The first-order chi connectivity index (χ1) is 9.28. The lowest BCUT2D eigenvalue weighted by Crippen LogP contribution is -2.36. The second kappa shape index (κ2) is 5.15. The standard InChI is InChI=1S/C15H18N2O2/c18-10-12-9-11-3-1-2-4-14(11)15(16-12)17-7-5-13(19)6-8-17/h1-4,9,13,18-19H,5-8,10H2. The molecule has 1 aliphatic rings. The van der Waals surface area contributed by atoms with Crippen LogP contribution < -0.4 is 4.90 Å². The molecular formula is C15H18N2O2. The van der Waals surface area contributed by atoms with Gasteiger partial charge in [0, 0.05) is 18.5 Å². The van der Waals surface area contributed by atoms with E-state index in [1.165, 1.54) is 0 Å². The lowest BCUT2D eigenvalue weighted by atomic mass is 10.1. The van der Waals surface area contributed by atoms with Gasteiger partial charge >= 0.3 is 0 Å². The summed E-state index contributed by atoms with van der Waals surface area (Å²) in [7, 11) is 0. The van der Waals surface area contributed by atoms with Gasteiger partial charge in [-0.2, -0.15) is 0 Å². The van der Waals surface area contributed by atoms with Gasteiger partial charge in [0.2, 0.25) is 0 Å². The molecule has 100 valence electrons. The quantitative estimate of drug-likeness (QED) is 0.860. The van der Waals surface area contributed by atoms with Crippen molar-refractivity contribution >= 4 is 16.6 Å². The number of fused-ring (bicyclic) bond motifs is 1. The fraction of sp³-hybridized carbons (Fsp3) is 0.400. The Morgan fingerprint density at radius 2 is 1.95 bits per heavy atom. The summed E-state index contributed by atoms with van der Waals surface area (Å²) in [5.41, 5.74) is 0.694. The van der Waals surface area contributed by atoms with Crippen LogP contribution in [0.15, 0.2) is 30.3 Å². The molecule has 2 N–H and O–H groups in total. The second-order valence-electron chi connectivity index (χ2n) is 5.03. The summed E-state index contributed by atoms with van der Waals surface area (Å²) in [5.74, 6) is 0.925. The maximum atomic E-state index is 9.60. The fourth-order valence-electron chi connectivity index (χ4n) is 2.63. The third kappa shape index (κ3) is 2.41. The van der Waals surface area contributed by atoms with Crippen molar-refractivity contribution in [2.45, 2.75) is 25.6 Å². The van der Waals surface area contributed by atoms with Crippen LogP contribution in [0, 0.1) is 0 Å². The summed E-state index contributed by atoms with van der Waals surface area (Å²) < 4.78 is 0. The van der Waals surface area contributed by atoms with Gasteiger partial charge in [-0.25, -0.2) is 4.98 Å². The molecular weight excluding hydrogens is 240 g/mol. The van der Waals surface area contributed by atoms with Crippen LogP contribution in [0.2, 0.25) is 0 Å². The number of hydrogen-bond donors (Lipinski definition) is 2. The van der Waals surface area contributed by atoms with Crippen molar-refractivity contribution in [1.82, 2.24) is 4.98 Å². The van der Waals surface area contributed by atoms with Gasteiger partial charge in [0.1, 0.15) is 5.82 Å². The van der Waals surface area contributed by atoms with Crippen LogP contribution >= 0.6 is 0 Å². The minimum Gasteiger partial charge on any atom is -0.393 e. The molecule has 4 nitrogen and oxygen atoms in total. The van der Waals surface area contributed by atoms with Crippen LogP contribution in [0.1, 0.15) is 18.5 Å². The van der Waals surface area contributed by atoms with Gasteiger partial charge in [0.15, 0.2) is 0 Å². The van der Waals surface area contributed by atoms with E-state index in [1.807, 2.05) is 24.3 Å². The van der Waals surface area contributed by atoms with E-state index in [0.29, 0.717) is 5.69 Å². The molecule has 0 unspecified atom stereocenters. The molecule has 0 spiro atoms. The number of nitrogens with zero attached hydrogens (tertiary/aromatic N) is 2. The molecule has 0 saturated carbocycles. The molecule has 1 fully saturated rings. The van der Waals surface area contributed by atoms with E-state index in [0.717, 1.165) is 42.5 Å². The fourth-order valence-corrected chi connectivity index (χ4v) is 2.63. The molecule has 2 heterocycles. The molecule has 0 radical (unpaired) electrons. The van der Waals surface area contributed by atoms with Crippen LogP contribution in [0.5, 0.6) is 0 Å². The van der Waals surface area contributed by atoms with Crippen LogP contribution in [-0.2, 0) is 6.61 Å². The van der Waals surface area contributed by atoms with Crippen molar-refractivity contribution in [1.29, 1.82) is 0 Å². The summed E-state index contributed by atoms with van der Waals surface area (Å²) >= 11 is 0. The number of anilines is 1. The predicted octanol–water partition coefficient (Wildman–Crippen LogP) is 1.69. The molecule has 0 aliphatic carbocycles. The Balaban J connectivity index is 2.05. The molecule has 1 aromatic heterocycles. The Labute approximate surface area is 112 Å². The molecule has 0 amide bonds. The number of pyridine rings is 1. The van der Waals surface area contributed by atoms with Crippen LogP contribution in [-0.4, -0.2) is 34.4 Å². The van der Waals surface area contributed by atoms with E-state index in [1.54, 1.807) is 0 Å². The Hall–Kier alpha value is -1.65. The molecule has 19 heavy (non-hydrogen) atoms. The average Bonchev–Trinajstić information content (AvgIpc) is 2.47. The van der Waals surface area contributed by atoms with E-state index in [4.69, 9.17) is 0 Å². The van der Waals surface area contributed by atoms with Crippen LogP contribution in [0.3, 0.4) is 0 Å².